The molecule has 0 bridgehead atoms. The molecule has 1 aromatic heterocycles. The third-order valence-electron chi connectivity index (χ3n) is 3.53. The van der Waals surface area contributed by atoms with Gasteiger partial charge in [0.1, 0.15) is 5.60 Å². The summed E-state index contributed by atoms with van der Waals surface area (Å²) in [5.74, 6) is -0.278. The summed E-state index contributed by atoms with van der Waals surface area (Å²) in [5.41, 5.74) is 2.87. The summed E-state index contributed by atoms with van der Waals surface area (Å²) in [4.78, 5) is 27.3. The maximum absolute atomic E-state index is 11.8. The molecule has 1 aromatic carbocycles. The lowest BCUT2D eigenvalue weighted by Crippen LogP contribution is -2.24. The second-order valence-electron chi connectivity index (χ2n) is 7.23. The van der Waals surface area contributed by atoms with Crippen molar-refractivity contribution in [1.82, 2.24) is 4.98 Å². The summed E-state index contributed by atoms with van der Waals surface area (Å²) in [7, 11) is 0. The van der Waals surface area contributed by atoms with Gasteiger partial charge in [-0.3, -0.25) is 9.59 Å². The fourth-order valence-corrected chi connectivity index (χ4v) is 3.27. The van der Waals surface area contributed by atoms with Crippen molar-refractivity contribution in [2.75, 3.05) is 5.32 Å². The highest BCUT2D eigenvalue weighted by Gasteiger charge is 2.15. The first-order valence-electron chi connectivity index (χ1n) is 8.73. The molecule has 26 heavy (non-hydrogen) atoms. The van der Waals surface area contributed by atoms with Crippen molar-refractivity contribution in [1.29, 1.82) is 0 Å². The largest absolute Gasteiger partial charge is 0.460 e. The molecule has 0 aliphatic carbocycles. The van der Waals surface area contributed by atoms with Crippen LogP contribution in [-0.2, 0) is 33.6 Å². The predicted molar refractivity (Wildman–Crippen MR) is 104 cm³/mol. The quantitative estimate of drug-likeness (QED) is 0.739. The lowest BCUT2D eigenvalue weighted by atomic mass is 10.0. The number of nitrogens with one attached hydrogen (secondary N) is 1. The minimum absolute atomic E-state index is 0.108. The van der Waals surface area contributed by atoms with Gasteiger partial charge in [0.05, 0.1) is 5.69 Å². The molecule has 0 saturated carbocycles. The first-order chi connectivity index (χ1) is 12.2. The Morgan fingerprint density at radius 3 is 2.50 bits per heavy atom. The number of ether oxygens (including phenoxy) is 1. The molecule has 0 aliphatic heterocycles. The number of hydrogen-bond acceptors (Lipinski definition) is 5. The van der Waals surface area contributed by atoms with Crippen LogP contribution in [0.4, 0.5) is 5.13 Å². The van der Waals surface area contributed by atoms with E-state index in [-0.39, 0.29) is 11.9 Å². The van der Waals surface area contributed by atoms with E-state index in [0.29, 0.717) is 18.0 Å². The van der Waals surface area contributed by atoms with Gasteiger partial charge in [-0.15, -0.1) is 11.3 Å². The van der Waals surface area contributed by atoms with Crippen LogP contribution in [0.25, 0.3) is 0 Å². The van der Waals surface area contributed by atoms with E-state index in [0.717, 1.165) is 24.1 Å². The number of anilines is 1. The Hall–Kier alpha value is -2.21. The Morgan fingerprint density at radius 1 is 1.15 bits per heavy atom. The van der Waals surface area contributed by atoms with E-state index in [2.05, 4.69) is 22.4 Å². The molecule has 0 atom stereocenters. The molecular weight excluding hydrogens is 348 g/mol. The number of thiazole rings is 1. The molecule has 2 rings (SSSR count). The molecule has 0 spiro atoms. The second kappa shape index (κ2) is 8.94. The number of aromatic nitrogens is 1. The normalized spacial score (nSPS) is 11.2. The van der Waals surface area contributed by atoms with Crippen LogP contribution in [0, 0.1) is 0 Å². The number of hydrogen-bond donors (Lipinski definition) is 1. The fraction of sp³-hybridized carbons (Fsp3) is 0.450. The van der Waals surface area contributed by atoms with Crippen molar-refractivity contribution >= 4 is 28.3 Å². The highest BCUT2D eigenvalue weighted by molar-refractivity contribution is 7.13. The van der Waals surface area contributed by atoms with Crippen molar-refractivity contribution in [2.24, 2.45) is 0 Å². The zero-order valence-electron chi connectivity index (χ0n) is 15.8. The fourth-order valence-electron chi connectivity index (χ4n) is 2.48. The number of carbonyl (C=O) groups excluding carboxylic acids is 2. The van der Waals surface area contributed by atoms with E-state index in [1.165, 1.54) is 23.8 Å². The molecule has 0 saturated heterocycles. The number of esters is 1. The minimum atomic E-state index is -0.442. The standard InChI is InChI=1S/C20H26N2O3S/c1-14(23)21-19-22-17(13-26-19)10-8-15-6-5-7-16(12-15)9-11-18(24)25-20(2,3)4/h5-7,12-13H,8-11H2,1-4H3,(H,21,22,23). The molecule has 1 N–H and O–H groups in total. The molecule has 1 heterocycles. The average molecular weight is 375 g/mol. The Kier molecular flexibility index (Phi) is 6.91. The molecule has 0 radical (unpaired) electrons. The van der Waals surface area contributed by atoms with Gasteiger partial charge in [-0.1, -0.05) is 24.3 Å². The lowest BCUT2D eigenvalue weighted by Gasteiger charge is -2.19. The molecule has 0 fully saturated rings. The maximum atomic E-state index is 11.8. The minimum Gasteiger partial charge on any atom is -0.460 e. The molecule has 1 amide bonds. The Morgan fingerprint density at radius 2 is 1.85 bits per heavy atom. The third kappa shape index (κ3) is 7.35. The van der Waals surface area contributed by atoms with Gasteiger partial charge in [-0.05, 0) is 51.2 Å². The smallest absolute Gasteiger partial charge is 0.306 e. The SMILES string of the molecule is CC(=O)Nc1nc(CCc2cccc(CCC(=O)OC(C)(C)C)c2)cs1. The number of benzene rings is 1. The van der Waals surface area contributed by atoms with Crippen molar-refractivity contribution in [3.63, 3.8) is 0 Å². The van der Waals surface area contributed by atoms with Crippen LogP contribution in [0.5, 0.6) is 0 Å². The van der Waals surface area contributed by atoms with Gasteiger partial charge < -0.3 is 10.1 Å². The van der Waals surface area contributed by atoms with E-state index in [4.69, 9.17) is 4.74 Å². The predicted octanol–water partition coefficient (Wildman–Crippen LogP) is 4.16. The molecule has 2 aromatic rings. The number of nitrogens with zero attached hydrogens (tertiary/aromatic N) is 1. The van der Waals surface area contributed by atoms with E-state index in [1.807, 2.05) is 38.3 Å². The molecular formula is C20H26N2O3S. The number of amides is 1. The highest BCUT2D eigenvalue weighted by atomic mass is 32.1. The second-order valence-corrected chi connectivity index (χ2v) is 8.09. The summed E-state index contributed by atoms with van der Waals surface area (Å²) in [6.07, 6.45) is 2.73. The van der Waals surface area contributed by atoms with Crippen LogP contribution in [0.15, 0.2) is 29.6 Å². The van der Waals surface area contributed by atoms with Gasteiger partial charge in [0, 0.05) is 18.7 Å². The van der Waals surface area contributed by atoms with Crippen LogP contribution >= 0.6 is 11.3 Å². The average Bonchev–Trinajstić information content (AvgIpc) is 2.96. The summed E-state index contributed by atoms with van der Waals surface area (Å²) in [5, 5.41) is 5.31. The molecule has 6 heteroatoms. The first-order valence-corrected chi connectivity index (χ1v) is 9.61. The van der Waals surface area contributed by atoms with Crippen LogP contribution in [0.1, 0.15) is 50.9 Å². The van der Waals surface area contributed by atoms with Crippen molar-refractivity contribution in [3.05, 3.63) is 46.5 Å². The summed E-state index contributed by atoms with van der Waals surface area (Å²) >= 11 is 1.44. The lowest BCUT2D eigenvalue weighted by molar-refractivity contribution is -0.154. The number of aryl methyl sites for hydroxylation is 3. The monoisotopic (exact) mass is 374 g/mol. The molecule has 5 nitrogen and oxygen atoms in total. The first kappa shape index (κ1) is 20.1. The number of rotatable bonds is 7. The highest BCUT2D eigenvalue weighted by Crippen LogP contribution is 2.18. The Labute approximate surface area is 158 Å². The molecule has 140 valence electrons. The van der Waals surface area contributed by atoms with E-state index >= 15 is 0 Å². The van der Waals surface area contributed by atoms with E-state index < -0.39 is 5.60 Å². The van der Waals surface area contributed by atoms with E-state index in [9.17, 15) is 9.59 Å². The van der Waals surface area contributed by atoms with Crippen LogP contribution in [-0.4, -0.2) is 22.5 Å². The zero-order valence-corrected chi connectivity index (χ0v) is 16.6. The van der Waals surface area contributed by atoms with Crippen molar-refractivity contribution in [3.8, 4) is 0 Å². The molecule has 0 unspecified atom stereocenters. The van der Waals surface area contributed by atoms with Gasteiger partial charge in [0.2, 0.25) is 5.91 Å². The Balaban J connectivity index is 1.85. The van der Waals surface area contributed by atoms with Crippen molar-refractivity contribution in [2.45, 2.75) is 59.0 Å². The Bertz CT molecular complexity index is 762. The van der Waals surface area contributed by atoms with Crippen LogP contribution < -0.4 is 5.32 Å². The van der Waals surface area contributed by atoms with Gasteiger partial charge in [0.25, 0.3) is 0 Å². The summed E-state index contributed by atoms with van der Waals surface area (Å²) < 4.78 is 5.35. The van der Waals surface area contributed by atoms with Gasteiger partial charge in [-0.25, -0.2) is 4.98 Å². The van der Waals surface area contributed by atoms with Gasteiger partial charge in [0.15, 0.2) is 5.13 Å². The number of carbonyl (C=O) groups is 2. The summed E-state index contributed by atoms with van der Waals surface area (Å²) in [6.45, 7) is 7.11. The summed E-state index contributed by atoms with van der Waals surface area (Å²) in [6, 6.07) is 8.26. The van der Waals surface area contributed by atoms with Gasteiger partial charge in [-0.2, -0.15) is 0 Å². The van der Waals surface area contributed by atoms with Crippen LogP contribution in [0.2, 0.25) is 0 Å². The zero-order chi connectivity index (χ0) is 19.2. The van der Waals surface area contributed by atoms with E-state index in [1.54, 1.807) is 0 Å². The van der Waals surface area contributed by atoms with Gasteiger partial charge >= 0.3 is 5.97 Å². The third-order valence-corrected chi connectivity index (χ3v) is 4.34. The van der Waals surface area contributed by atoms with Crippen molar-refractivity contribution < 1.29 is 14.3 Å². The topological polar surface area (TPSA) is 68.3 Å². The maximum Gasteiger partial charge on any atom is 0.306 e. The van der Waals surface area contributed by atoms with Crippen LogP contribution in [0.3, 0.4) is 0 Å². The molecule has 0 aliphatic rings.